The summed E-state index contributed by atoms with van der Waals surface area (Å²) in [6, 6.07) is -0.286. The first-order chi connectivity index (χ1) is 9.37. The topological polar surface area (TPSA) is 49.4 Å². The van der Waals surface area contributed by atoms with E-state index >= 15 is 0 Å². The van der Waals surface area contributed by atoms with Crippen molar-refractivity contribution >= 4 is 11.8 Å². The standard InChI is InChI=1S/C16H26N2O2/c1-11(2)12-13(19)17-16(6-4-5-7-16)14(20)18(12)10-15(3)8-9-15/h11-12H,4-10H2,1-3H3,(H,17,19). The molecule has 1 unspecified atom stereocenters. The van der Waals surface area contributed by atoms with Crippen LogP contribution in [0.2, 0.25) is 0 Å². The minimum absolute atomic E-state index is 0.0609. The van der Waals surface area contributed by atoms with E-state index in [1.807, 2.05) is 18.7 Å². The van der Waals surface area contributed by atoms with Crippen molar-refractivity contribution in [1.29, 1.82) is 0 Å². The van der Waals surface area contributed by atoms with Gasteiger partial charge in [-0.05, 0) is 37.0 Å². The van der Waals surface area contributed by atoms with Gasteiger partial charge in [0.25, 0.3) is 0 Å². The van der Waals surface area contributed by atoms with Crippen LogP contribution in [0.15, 0.2) is 0 Å². The quantitative estimate of drug-likeness (QED) is 0.859. The molecule has 0 aromatic heterocycles. The van der Waals surface area contributed by atoms with Gasteiger partial charge in [0.2, 0.25) is 11.8 Å². The molecule has 1 heterocycles. The zero-order valence-electron chi connectivity index (χ0n) is 12.9. The zero-order chi connectivity index (χ0) is 14.5. The first-order valence-electron chi connectivity index (χ1n) is 8.00. The largest absolute Gasteiger partial charge is 0.340 e. The number of carbonyl (C=O) groups is 2. The van der Waals surface area contributed by atoms with Crippen LogP contribution in [-0.4, -0.2) is 34.8 Å². The van der Waals surface area contributed by atoms with Crippen LogP contribution in [0, 0.1) is 11.3 Å². The van der Waals surface area contributed by atoms with Crippen LogP contribution >= 0.6 is 0 Å². The molecule has 2 saturated carbocycles. The molecule has 2 aliphatic carbocycles. The van der Waals surface area contributed by atoms with E-state index in [1.165, 1.54) is 12.8 Å². The second kappa shape index (κ2) is 4.47. The molecule has 1 N–H and O–H groups in total. The Morgan fingerprint density at radius 1 is 1.20 bits per heavy atom. The summed E-state index contributed by atoms with van der Waals surface area (Å²) in [5.74, 6) is 0.409. The number of hydrogen-bond donors (Lipinski definition) is 1. The third-order valence-corrected chi connectivity index (χ3v) is 5.38. The fourth-order valence-corrected chi connectivity index (χ4v) is 3.84. The van der Waals surface area contributed by atoms with Crippen molar-refractivity contribution in [3.05, 3.63) is 0 Å². The van der Waals surface area contributed by atoms with Gasteiger partial charge in [-0.25, -0.2) is 0 Å². The molecule has 20 heavy (non-hydrogen) atoms. The van der Waals surface area contributed by atoms with Gasteiger partial charge in [0.1, 0.15) is 11.6 Å². The molecule has 1 saturated heterocycles. The van der Waals surface area contributed by atoms with Crippen molar-refractivity contribution in [1.82, 2.24) is 10.2 Å². The average Bonchev–Trinajstić information content (AvgIpc) is 2.90. The minimum Gasteiger partial charge on any atom is -0.340 e. The van der Waals surface area contributed by atoms with Crippen LogP contribution in [0.5, 0.6) is 0 Å². The Hall–Kier alpha value is -1.06. The van der Waals surface area contributed by atoms with Crippen molar-refractivity contribution in [3.8, 4) is 0 Å². The van der Waals surface area contributed by atoms with Gasteiger partial charge in [0.15, 0.2) is 0 Å². The highest BCUT2D eigenvalue weighted by Crippen LogP contribution is 2.47. The van der Waals surface area contributed by atoms with Crippen LogP contribution in [0.1, 0.15) is 59.3 Å². The molecular weight excluding hydrogens is 252 g/mol. The van der Waals surface area contributed by atoms with E-state index in [0.717, 1.165) is 32.2 Å². The van der Waals surface area contributed by atoms with Gasteiger partial charge >= 0.3 is 0 Å². The highest BCUT2D eigenvalue weighted by molar-refractivity contribution is 6.00. The summed E-state index contributed by atoms with van der Waals surface area (Å²) in [7, 11) is 0. The molecule has 0 bridgehead atoms. The lowest BCUT2D eigenvalue weighted by Gasteiger charge is -2.46. The van der Waals surface area contributed by atoms with E-state index in [4.69, 9.17) is 0 Å². The summed E-state index contributed by atoms with van der Waals surface area (Å²) in [6.07, 6.45) is 6.07. The number of amides is 2. The summed E-state index contributed by atoms with van der Waals surface area (Å²) in [4.78, 5) is 27.5. The second-order valence-electron chi connectivity index (χ2n) is 7.71. The smallest absolute Gasteiger partial charge is 0.249 e. The summed E-state index contributed by atoms with van der Waals surface area (Å²) >= 11 is 0. The van der Waals surface area contributed by atoms with Crippen LogP contribution in [0.25, 0.3) is 0 Å². The molecule has 3 aliphatic rings. The van der Waals surface area contributed by atoms with Gasteiger partial charge in [0.05, 0.1) is 0 Å². The number of carbonyl (C=O) groups excluding carboxylic acids is 2. The first kappa shape index (κ1) is 13.9. The van der Waals surface area contributed by atoms with E-state index in [1.54, 1.807) is 0 Å². The number of piperazine rings is 1. The molecule has 1 spiro atoms. The van der Waals surface area contributed by atoms with E-state index in [-0.39, 0.29) is 29.2 Å². The van der Waals surface area contributed by atoms with Gasteiger partial charge < -0.3 is 10.2 Å². The Bertz CT molecular complexity index is 434. The van der Waals surface area contributed by atoms with Crippen molar-refractivity contribution in [2.45, 2.75) is 70.9 Å². The molecule has 3 fully saturated rings. The normalized spacial score (nSPS) is 31.0. The first-order valence-corrected chi connectivity index (χ1v) is 8.00. The summed E-state index contributed by atoms with van der Waals surface area (Å²) in [5.41, 5.74) is -0.325. The maximum Gasteiger partial charge on any atom is 0.249 e. The lowest BCUT2D eigenvalue weighted by Crippen LogP contribution is -2.71. The Morgan fingerprint density at radius 2 is 1.80 bits per heavy atom. The number of rotatable bonds is 3. The lowest BCUT2D eigenvalue weighted by molar-refractivity contribution is -0.157. The van der Waals surface area contributed by atoms with E-state index < -0.39 is 5.54 Å². The molecule has 1 aliphatic heterocycles. The van der Waals surface area contributed by atoms with Crippen molar-refractivity contribution < 1.29 is 9.59 Å². The number of nitrogens with one attached hydrogen (secondary N) is 1. The lowest BCUT2D eigenvalue weighted by atomic mass is 9.86. The molecule has 2 amide bonds. The highest BCUT2D eigenvalue weighted by atomic mass is 16.2. The number of nitrogens with zero attached hydrogens (tertiary/aromatic N) is 1. The Labute approximate surface area is 121 Å². The fourth-order valence-electron chi connectivity index (χ4n) is 3.84. The molecular formula is C16H26N2O2. The number of hydrogen-bond acceptors (Lipinski definition) is 2. The third-order valence-electron chi connectivity index (χ3n) is 5.38. The molecule has 112 valence electrons. The van der Waals surface area contributed by atoms with E-state index in [9.17, 15) is 9.59 Å². The Morgan fingerprint density at radius 3 is 2.30 bits per heavy atom. The zero-order valence-corrected chi connectivity index (χ0v) is 12.9. The maximum atomic E-state index is 13.0. The van der Waals surface area contributed by atoms with Crippen molar-refractivity contribution in [2.75, 3.05) is 6.54 Å². The van der Waals surface area contributed by atoms with E-state index in [0.29, 0.717) is 0 Å². The molecule has 3 rings (SSSR count). The Balaban J connectivity index is 1.90. The van der Waals surface area contributed by atoms with Crippen LogP contribution in [-0.2, 0) is 9.59 Å². The summed E-state index contributed by atoms with van der Waals surface area (Å²) in [5, 5.41) is 3.08. The molecule has 4 nitrogen and oxygen atoms in total. The van der Waals surface area contributed by atoms with Crippen LogP contribution in [0.4, 0.5) is 0 Å². The van der Waals surface area contributed by atoms with Gasteiger partial charge in [-0.1, -0.05) is 33.6 Å². The summed E-state index contributed by atoms with van der Waals surface area (Å²) < 4.78 is 0. The molecule has 0 radical (unpaired) electrons. The van der Waals surface area contributed by atoms with Gasteiger partial charge in [-0.15, -0.1) is 0 Å². The monoisotopic (exact) mass is 278 g/mol. The highest BCUT2D eigenvalue weighted by Gasteiger charge is 2.54. The summed E-state index contributed by atoms with van der Waals surface area (Å²) in [6.45, 7) is 7.05. The van der Waals surface area contributed by atoms with Crippen molar-refractivity contribution in [2.24, 2.45) is 11.3 Å². The Kier molecular flexibility index (Phi) is 3.11. The molecule has 1 atom stereocenters. The second-order valence-corrected chi connectivity index (χ2v) is 7.71. The molecule has 4 heteroatoms. The van der Waals surface area contributed by atoms with Gasteiger partial charge in [0, 0.05) is 6.54 Å². The predicted molar refractivity (Wildman–Crippen MR) is 77.0 cm³/mol. The maximum absolute atomic E-state index is 13.0. The van der Waals surface area contributed by atoms with E-state index in [2.05, 4.69) is 12.2 Å². The minimum atomic E-state index is -0.576. The molecule has 0 aromatic rings. The third kappa shape index (κ3) is 2.13. The predicted octanol–water partition coefficient (Wildman–Crippen LogP) is 2.08. The van der Waals surface area contributed by atoms with Gasteiger partial charge in [-0.3, -0.25) is 9.59 Å². The van der Waals surface area contributed by atoms with Crippen LogP contribution < -0.4 is 5.32 Å². The van der Waals surface area contributed by atoms with Crippen LogP contribution in [0.3, 0.4) is 0 Å². The fraction of sp³-hybridized carbons (Fsp3) is 0.875. The van der Waals surface area contributed by atoms with Crippen molar-refractivity contribution in [3.63, 3.8) is 0 Å². The molecule has 0 aromatic carbocycles. The SMILES string of the molecule is CC(C)C1C(=O)NC2(CCCC2)C(=O)N1CC1(C)CC1. The van der Waals surface area contributed by atoms with Gasteiger partial charge in [-0.2, -0.15) is 0 Å². The average molecular weight is 278 g/mol.